The SMILES string of the molecule is CCC(=O)N1CCC(NC(=O)[C@@H]2CCC[C@@H]2CN)C1.Cl. The normalized spacial score (nSPS) is 29.1. The molecule has 6 heteroatoms. The Morgan fingerprint density at radius 3 is 2.70 bits per heavy atom. The van der Waals surface area contributed by atoms with Crippen LogP contribution in [0, 0.1) is 11.8 Å². The second kappa shape index (κ2) is 7.84. The van der Waals surface area contributed by atoms with Crippen molar-refractivity contribution in [1.29, 1.82) is 0 Å². The molecule has 0 aromatic rings. The Kier molecular flexibility index (Phi) is 6.76. The van der Waals surface area contributed by atoms with Crippen LogP contribution in [0.2, 0.25) is 0 Å². The quantitative estimate of drug-likeness (QED) is 0.810. The molecule has 2 rings (SSSR count). The van der Waals surface area contributed by atoms with E-state index in [9.17, 15) is 9.59 Å². The number of rotatable bonds is 4. The van der Waals surface area contributed by atoms with E-state index in [1.54, 1.807) is 0 Å². The number of nitrogens with two attached hydrogens (primary N) is 1. The maximum atomic E-state index is 12.2. The van der Waals surface area contributed by atoms with Crippen LogP contribution in [0.3, 0.4) is 0 Å². The number of likely N-dealkylation sites (tertiary alicyclic amines) is 1. The number of nitrogens with one attached hydrogen (secondary N) is 1. The summed E-state index contributed by atoms with van der Waals surface area (Å²) in [5.41, 5.74) is 5.72. The van der Waals surface area contributed by atoms with Crippen molar-refractivity contribution in [3.63, 3.8) is 0 Å². The number of hydrogen-bond donors (Lipinski definition) is 2. The lowest BCUT2D eigenvalue weighted by Gasteiger charge is -2.21. The molecule has 0 aromatic heterocycles. The lowest BCUT2D eigenvalue weighted by molar-refractivity contribution is -0.130. The third kappa shape index (κ3) is 3.85. The van der Waals surface area contributed by atoms with Gasteiger partial charge in [0, 0.05) is 31.5 Å². The standard InChI is InChI=1S/C14H25N3O2.ClH/c1-2-13(18)17-7-6-11(9-17)16-14(19)12-5-3-4-10(12)8-15;/h10-12H,2-9,15H2,1H3,(H,16,19);1H/t10-,11?,12-;/m1./s1. The van der Waals surface area contributed by atoms with E-state index >= 15 is 0 Å². The van der Waals surface area contributed by atoms with Crippen molar-refractivity contribution in [2.45, 2.75) is 45.1 Å². The minimum atomic E-state index is 0. The van der Waals surface area contributed by atoms with Gasteiger partial charge in [-0.15, -0.1) is 12.4 Å². The molecular weight excluding hydrogens is 278 g/mol. The largest absolute Gasteiger partial charge is 0.351 e. The fraction of sp³-hybridized carbons (Fsp3) is 0.857. The Balaban J connectivity index is 0.00000200. The second-order valence-corrected chi connectivity index (χ2v) is 5.72. The zero-order valence-corrected chi connectivity index (χ0v) is 13.0. The summed E-state index contributed by atoms with van der Waals surface area (Å²) in [6, 6.07) is 0.127. The van der Waals surface area contributed by atoms with Gasteiger partial charge >= 0.3 is 0 Å². The molecule has 0 spiro atoms. The maximum absolute atomic E-state index is 12.2. The summed E-state index contributed by atoms with van der Waals surface area (Å²) in [4.78, 5) is 25.7. The van der Waals surface area contributed by atoms with Gasteiger partial charge in [-0.2, -0.15) is 0 Å². The molecule has 3 atom stereocenters. The summed E-state index contributed by atoms with van der Waals surface area (Å²) in [5, 5.41) is 3.11. The number of amides is 2. The topological polar surface area (TPSA) is 75.4 Å². The average molecular weight is 304 g/mol. The number of hydrogen-bond acceptors (Lipinski definition) is 3. The van der Waals surface area contributed by atoms with Crippen LogP contribution in [0.1, 0.15) is 39.0 Å². The highest BCUT2D eigenvalue weighted by Crippen LogP contribution is 2.31. The summed E-state index contributed by atoms with van der Waals surface area (Å²) in [5.74, 6) is 0.747. The zero-order valence-electron chi connectivity index (χ0n) is 12.1. The van der Waals surface area contributed by atoms with Crippen molar-refractivity contribution in [3.05, 3.63) is 0 Å². The average Bonchev–Trinajstić information content (AvgIpc) is 3.05. The van der Waals surface area contributed by atoms with Crippen LogP contribution in [0.15, 0.2) is 0 Å². The van der Waals surface area contributed by atoms with Gasteiger partial charge in [-0.1, -0.05) is 13.3 Å². The molecule has 1 saturated carbocycles. The van der Waals surface area contributed by atoms with E-state index in [0.717, 1.165) is 32.2 Å². The summed E-state index contributed by atoms with van der Waals surface area (Å²) in [7, 11) is 0. The molecule has 2 amide bonds. The van der Waals surface area contributed by atoms with E-state index in [0.29, 0.717) is 25.4 Å². The first-order valence-electron chi connectivity index (χ1n) is 7.44. The van der Waals surface area contributed by atoms with E-state index in [1.807, 2.05) is 11.8 Å². The summed E-state index contributed by atoms with van der Waals surface area (Å²) >= 11 is 0. The Labute approximate surface area is 127 Å². The predicted octanol–water partition coefficient (Wildman–Crippen LogP) is 0.910. The van der Waals surface area contributed by atoms with Crippen LogP contribution in [0.4, 0.5) is 0 Å². The van der Waals surface area contributed by atoms with Gasteiger partial charge in [0.05, 0.1) is 0 Å². The minimum Gasteiger partial charge on any atom is -0.351 e. The van der Waals surface area contributed by atoms with E-state index in [4.69, 9.17) is 5.73 Å². The molecule has 1 unspecified atom stereocenters. The maximum Gasteiger partial charge on any atom is 0.223 e. The molecule has 2 fully saturated rings. The molecule has 20 heavy (non-hydrogen) atoms. The molecule has 0 aromatic carbocycles. The van der Waals surface area contributed by atoms with Gasteiger partial charge in [0.15, 0.2) is 0 Å². The molecule has 0 bridgehead atoms. The van der Waals surface area contributed by atoms with Gasteiger partial charge in [-0.3, -0.25) is 9.59 Å². The van der Waals surface area contributed by atoms with Crippen molar-refractivity contribution < 1.29 is 9.59 Å². The van der Waals surface area contributed by atoms with Crippen molar-refractivity contribution in [2.24, 2.45) is 17.6 Å². The van der Waals surface area contributed by atoms with Crippen LogP contribution in [-0.4, -0.2) is 42.4 Å². The molecule has 0 radical (unpaired) electrons. The summed E-state index contributed by atoms with van der Waals surface area (Å²) < 4.78 is 0. The molecule has 2 aliphatic rings. The number of carbonyl (C=O) groups excluding carboxylic acids is 2. The van der Waals surface area contributed by atoms with Crippen molar-refractivity contribution in [2.75, 3.05) is 19.6 Å². The van der Waals surface area contributed by atoms with Crippen LogP contribution < -0.4 is 11.1 Å². The van der Waals surface area contributed by atoms with Crippen molar-refractivity contribution >= 4 is 24.2 Å². The first-order chi connectivity index (χ1) is 9.15. The van der Waals surface area contributed by atoms with Gasteiger partial charge in [0.25, 0.3) is 0 Å². The predicted molar refractivity (Wildman–Crippen MR) is 80.6 cm³/mol. The van der Waals surface area contributed by atoms with Gasteiger partial charge < -0.3 is 16.0 Å². The smallest absolute Gasteiger partial charge is 0.223 e. The fourth-order valence-corrected chi connectivity index (χ4v) is 3.30. The van der Waals surface area contributed by atoms with E-state index in [2.05, 4.69) is 5.32 Å². The fourth-order valence-electron chi connectivity index (χ4n) is 3.30. The van der Waals surface area contributed by atoms with Gasteiger partial charge in [-0.05, 0) is 31.7 Å². The summed E-state index contributed by atoms with van der Waals surface area (Å²) in [6.07, 6.45) is 4.54. The molecule has 116 valence electrons. The Morgan fingerprint density at radius 1 is 1.30 bits per heavy atom. The molecule has 1 saturated heterocycles. The molecule has 1 aliphatic carbocycles. The Hall–Kier alpha value is -0.810. The first-order valence-corrected chi connectivity index (χ1v) is 7.44. The lowest BCUT2D eigenvalue weighted by Crippen LogP contribution is -2.43. The van der Waals surface area contributed by atoms with Gasteiger partial charge in [0.2, 0.25) is 11.8 Å². The molecule has 1 heterocycles. The van der Waals surface area contributed by atoms with Crippen LogP contribution in [-0.2, 0) is 9.59 Å². The summed E-state index contributed by atoms with van der Waals surface area (Å²) in [6.45, 7) is 3.91. The van der Waals surface area contributed by atoms with Crippen LogP contribution >= 0.6 is 12.4 Å². The first kappa shape index (κ1) is 17.2. The van der Waals surface area contributed by atoms with E-state index in [-0.39, 0.29) is 36.2 Å². The number of nitrogens with zero attached hydrogens (tertiary/aromatic N) is 1. The molecule has 5 nitrogen and oxygen atoms in total. The Bertz CT molecular complexity index is 351. The van der Waals surface area contributed by atoms with Crippen LogP contribution in [0.25, 0.3) is 0 Å². The zero-order chi connectivity index (χ0) is 13.8. The molecule has 3 N–H and O–H groups in total. The highest BCUT2D eigenvalue weighted by atomic mass is 35.5. The monoisotopic (exact) mass is 303 g/mol. The van der Waals surface area contributed by atoms with Crippen LogP contribution in [0.5, 0.6) is 0 Å². The van der Waals surface area contributed by atoms with Crippen molar-refractivity contribution in [1.82, 2.24) is 10.2 Å². The van der Waals surface area contributed by atoms with E-state index < -0.39 is 0 Å². The highest BCUT2D eigenvalue weighted by Gasteiger charge is 2.34. The van der Waals surface area contributed by atoms with Gasteiger partial charge in [-0.25, -0.2) is 0 Å². The van der Waals surface area contributed by atoms with E-state index in [1.165, 1.54) is 0 Å². The molecular formula is C14H26ClN3O2. The third-order valence-electron chi connectivity index (χ3n) is 4.49. The second-order valence-electron chi connectivity index (χ2n) is 5.72. The van der Waals surface area contributed by atoms with Crippen molar-refractivity contribution in [3.8, 4) is 0 Å². The number of halogens is 1. The number of carbonyl (C=O) groups is 2. The lowest BCUT2D eigenvalue weighted by atomic mass is 9.95. The molecule has 1 aliphatic heterocycles. The third-order valence-corrected chi connectivity index (χ3v) is 4.49. The highest BCUT2D eigenvalue weighted by molar-refractivity contribution is 5.85. The van der Waals surface area contributed by atoms with Gasteiger partial charge in [0.1, 0.15) is 0 Å². The Morgan fingerprint density at radius 2 is 2.05 bits per heavy atom. The minimum absolute atomic E-state index is 0.